The molecule has 2 rings (SSSR count). The van der Waals surface area contributed by atoms with Crippen LogP contribution in [0.25, 0.3) is 0 Å². The van der Waals surface area contributed by atoms with Gasteiger partial charge in [0.05, 0.1) is 0 Å². The van der Waals surface area contributed by atoms with E-state index >= 15 is 0 Å². The number of anilines is 1. The summed E-state index contributed by atoms with van der Waals surface area (Å²) in [5.41, 5.74) is 7.60. The van der Waals surface area contributed by atoms with Crippen molar-refractivity contribution >= 4 is 11.7 Å². The zero-order valence-corrected chi connectivity index (χ0v) is 13.4. The zero-order valence-electron chi connectivity index (χ0n) is 13.4. The molecule has 1 saturated heterocycles. The van der Waals surface area contributed by atoms with Crippen LogP contribution in [0.2, 0.25) is 0 Å². The van der Waals surface area contributed by atoms with Crippen molar-refractivity contribution in [2.45, 2.75) is 46.2 Å². The molecule has 2 amide bonds. The lowest BCUT2D eigenvalue weighted by Gasteiger charge is -2.37. The lowest BCUT2D eigenvalue weighted by atomic mass is 10.0. The predicted octanol–water partition coefficient (Wildman–Crippen LogP) is 3.33. The lowest BCUT2D eigenvalue weighted by Crippen LogP contribution is -2.49. The molecule has 1 atom stereocenters. The highest BCUT2D eigenvalue weighted by molar-refractivity contribution is 5.75. The highest BCUT2D eigenvalue weighted by Gasteiger charge is 2.26. The van der Waals surface area contributed by atoms with Crippen LogP contribution in [-0.4, -0.2) is 35.0 Å². The molecular weight excluding hydrogens is 262 g/mol. The number of piperidine rings is 1. The highest BCUT2D eigenvalue weighted by atomic mass is 16.2. The largest absolute Gasteiger partial charge is 0.399 e. The molecule has 0 saturated carbocycles. The smallest absolute Gasteiger partial charge is 0.320 e. The molecule has 116 valence electrons. The number of nitrogens with zero attached hydrogens (tertiary/aromatic N) is 2. The third-order valence-corrected chi connectivity index (χ3v) is 4.13. The van der Waals surface area contributed by atoms with Crippen LogP contribution in [0.1, 0.15) is 39.2 Å². The number of nitrogens with two attached hydrogens (primary N) is 1. The third-order valence-electron chi connectivity index (χ3n) is 4.13. The first kappa shape index (κ1) is 15.7. The van der Waals surface area contributed by atoms with E-state index < -0.39 is 0 Å². The van der Waals surface area contributed by atoms with Crippen molar-refractivity contribution < 1.29 is 4.79 Å². The molecule has 1 heterocycles. The van der Waals surface area contributed by atoms with Gasteiger partial charge in [0.25, 0.3) is 0 Å². The van der Waals surface area contributed by atoms with Gasteiger partial charge in [0.2, 0.25) is 0 Å². The summed E-state index contributed by atoms with van der Waals surface area (Å²) >= 11 is 0. The van der Waals surface area contributed by atoms with Gasteiger partial charge in [-0.1, -0.05) is 19.1 Å². The maximum Gasteiger partial charge on any atom is 0.320 e. The van der Waals surface area contributed by atoms with Crippen LogP contribution in [0.15, 0.2) is 24.3 Å². The Labute approximate surface area is 127 Å². The summed E-state index contributed by atoms with van der Waals surface area (Å²) in [5.74, 6) is 0.605. The SMILES string of the molecule is CC1CCCN(C(=O)N(Cc2ccc(N)cc2)C(C)C)C1. The number of carbonyl (C=O) groups excluding carboxylic acids is 1. The number of hydrogen-bond acceptors (Lipinski definition) is 2. The molecule has 4 nitrogen and oxygen atoms in total. The number of nitrogen functional groups attached to an aromatic ring is 1. The van der Waals surface area contributed by atoms with E-state index in [0.717, 1.165) is 30.8 Å². The normalized spacial score (nSPS) is 18.9. The lowest BCUT2D eigenvalue weighted by molar-refractivity contribution is 0.117. The average molecular weight is 289 g/mol. The van der Waals surface area contributed by atoms with Crippen molar-refractivity contribution in [2.75, 3.05) is 18.8 Å². The van der Waals surface area contributed by atoms with E-state index in [-0.39, 0.29) is 12.1 Å². The van der Waals surface area contributed by atoms with Crippen LogP contribution in [0.3, 0.4) is 0 Å². The second-order valence-electron chi connectivity index (χ2n) is 6.44. The Morgan fingerprint density at radius 3 is 2.62 bits per heavy atom. The van der Waals surface area contributed by atoms with Crippen LogP contribution in [0, 0.1) is 5.92 Å². The number of hydrogen-bond donors (Lipinski definition) is 1. The Morgan fingerprint density at radius 1 is 1.38 bits per heavy atom. The van der Waals surface area contributed by atoms with Crippen molar-refractivity contribution in [3.63, 3.8) is 0 Å². The first-order valence-corrected chi connectivity index (χ1v) is 7.87. The van der Waals surface area contributed by atoms with E-state index in [4.69, 9.17) is 5.73 Å². The first-order valence-electron chi connectivity index (χ1n) is 7.87. The van der Waals surface area contributed by atoms with Crippen LogP contribution in [-0.2, 0) is 6.54 Å². The third kappa shape index (κ3) is 4.13. The quantitative estimate of drug-likeness (QED) is 0.868. The van der Waals surface area contributed by atoms with Crippen molar-refractivity contribution in [3.05, 3.63) is 29.8 Å². The molecule has 4 heteroatoms. The minimum Gasteiger partial charge on any atom is -0.399 e. The number of urea groups is 1. The van der Waals surface area contributed by atoms with Gasteiger partial charge in [-0.2, -0.15) is 0 Å². The van der Waals surface area contributed by atoms with E-state index in [1.165, 1.54) is 6.42 Å². The van der Waals surface area contributed by atoms with Crippen molar-refractivity contribution in [3.8, 4) is 0 Å². The average Bonchev–Trinajstić information content (AvgIpc) is 2.45. The summed E-state index contributed by atoms with van der Waals surface area (Å²) in [6.45, 7) is 8.77. The van der Waals surface area contributed by atoms with E-state index in [1.54, 1.807) is 0 Å². The second kappa shape index (κ2) is 6.83. The Bertz CT molecular complexity index is 469. The molecule has 1 unspecified atom stereocenters. The number of amides is 2. The Hall–Kier alpha value is -1.71. The molecule has 0 spiro atoms. The van der Waals surface area contributed by atoms with Gasteiger partial charge in [-0.15, -0.1) is 0 Å². The molecule has 21 heavy (non-hydrogen) atoms. The van der Waals surface area contributed by atoms with Crippen molar-refractivity contribution in [1.29, 1.82) is 0 Å². The summed E-state index contributed by atoms with van der Waals surface area (Å²) in [6.07, 6.45) is 2.34. The van der Waals surface area contributed by atoms with Crippen molar-refractivity contribution in [2.24, 2.45) is 5.92 Å². The fourth-order valence-corrected chi connectivity index (χ4v) is 2.84. The monoisotopic (exact) mass is 289 g/mol. The molecule has 1 aliphatic heterocycles. The summed E-state index contributed by atoms with van der Waals surface area (Å²) in [4.78, 5) is 16.7. The number of likely N-dealkylation sites (tertiary alicyclic amines) is 1. The fraction of sp³-hybridized carbons (Fsp3) is 0.588. The Balaban J connectivity index is 2.07. The van der Waals surface area contributed by atoms with Gasteiger partial charge in [-0.3, -0.25) is 0 Å². The maximum absolute atomic E-state index is 12.8. The van der Waals surface area contributed by atoms with E-state index in [2.05, 4.69) is 20.8 Å². The molecule has 0 aromatic heterocycles. The Morgan fingerprint density at radius 2 is 2.05 bits per heavy atom. The molecule has 1 aromatic rings. The summed E-state index contributed by atoms with van der Waals surface area (Å²) in [7, 11) is 0. The molecule has 0 bridgehead atoms. The topological polar surface area (TPSA) is 49.6 Å². The highest BCUT2D eigenvalue weighted by Crippen LogP contribution is 2.19. The van der Waals surface area contributed by atoms with Gasteiger partial charge < -0.3 is 15.5 Å². The predicted molar refractivity (Wildman–Crippen MR) is 86.9 cm³/mol. The van der Waals surface area contributed by atoms with Crippen LogP contribution in [0.5, 0.6) is 0 Å². The van der Waals surface area contributed by atoms with Gasteiger partial charge in [0, 0.05) is 31.4 Å². The Kier molecular flexibility index (Phi) is 5.10. The van der Waals surface area contributed by atoms with Gasteiger partial charge >= 0.3 is 6.03 Å². The molecule has 1 aliphatic rings. The minimum absolute atomic E-state index is 0.161. The van der Waals surface area contributed by atoms with Gasteiger partial charge in [0.15, 0.2) is 0 Å². The van der Waals surface area contributed by atoms with Gasteiger partial charge in [-0.25, -0.2) is 4.79 Å². The summed E-state index contributed by atoms with van der Waals surface area (Å²) in [5, 5.41) is 0. The number of benzene rings is 1. The minimum atomic E-state index is 0.161. The van der Waals surface area contributed by atoms with E-state index in [9.17, 15) is 4.79 Å². The first-order chi connectivity index (χ1) is 9.97. The second-order valence-corrected chi connectivity index (χ2v) is 6.44. The molecule has 2 N–H and O–H groups in total. The van der Waals surface area contributed by atoms with Crippen LogP contribution in [0.4, 0.5) is 10.5 Å². The number of carbonyl (C=O) groups is 1. The van der Waals surface area contributed by atoms with Crippen molar-refractivity contribution in [1.82, 2.24) is 9.80 Å². The van der Waals surface area contributed by atoms with Gasteiger partial charge in [0.1, 0.15) is 0 Å². The summed E-state index contributed by atoms with van der Waals surface area (Å²) < 4.78 is 0. The summed E-state index contributed by atoms with van der Waals surface area (Å²) in [6, 6.07) is 8.12. The van der Waals surface area contributed by atoms with Crippen LogP contribution < -0.4 is 5.73 Å². The molecular formula is C17H27N3O. The zero-order chi connectivity index (χ0) is 15.4. The molecule has 1 aromatic carbocycles. The maximum atomic E-state index is 12.8. The molecule has 0 aliphatic carbocycles. The van der Waals surface area contributed by atoms with E-state index in [1.807, 2.05) is 34.1 Å². The van der Waals surface area contributed by atoms with E-state index in [0.29, 0.717) is 12.5 Å². The standard InChI is InChI=1S/C17H27N3O/c1-13(2)20(12-15-6-8-16(18)9-7-15)17(21)19-10-4-5-14(3)11-19/h6-9,13-14H,4-5,10-12,18H2,1-3H3. The van der Waals surface area contributed by atoms with Crippen LogP contribution >= 0.6 is 0 Å². The molecule has 1 fully saturated rings. The molecule has 0 radical (unpaired) electrons. The fourth-order valence-electron chi connectivity index (χ4n) is 2.84. The number of rotatable bonds is 3. The van der Waals surface area contributed by atoms with Gasteiger partial charge in [-0.05, 0) is 50.3 Å².